The molecule has 1 heterocycles. The van der Waals surface area contributed by atoms with E-state index in [0.29, 0.717) is 29.9 Å². The lowest BCUT2D eigenvalue weighted by atomic mass is 9.88. The Morgan fingerprint density at radius 1 is 1.33 bits per heavy atom. The van der Waals surface area contributed by atoms with Gasteiger partial charge in [0.1, 0.15) is 5.75 Å². The molecule has 1 aromatic carbocycles. The zero-order valence-electron chi connectivity index (χ0n) is 11.6. The van der Waals surface area contributed by atoms with Gasteiger partial charge in [0.05, 0.1) is 11.0 Å². The van der Waals surface area contributed by atoms with Crippen molar-refractivity contribution >= 4 is 5.69 Å². The molecule has 6 heteroatoms. The Balaban J connectivity index is 1.62. The number of benzene rings is 1. The van der Waals surface area contributed by atoms with E-state index in [4.69, 9.17) is 0 Å². The van der Waals surface area contributed by atoms with Gasteiger partial charge in [0.25, 0.3) is 5.69 Å². The molecule has 2 aliphatic carbocycles. The third-order valence-corrected chi connectivity index (χ3v) is 5.58. The highest BCUT2D eigenvalue weighted by Crippen LogP contribution is 2.55. The smallest absolute Gasteiger partial charge is 0.274 e. The van der Waals surface area contributed by atoms with Crippen LogP contribution in [-0.2, 0) is 6.54 Å². The van der Waals surface area contributed by atoms with Crippen LogP contribution in [0.1, 0.15) is 18.4 Å². The minimum atomic E-state index is -0.409. The minimum absolute atomic E-state index is 0.0380. The predicted molar refractivity (Wildman–Crippen MR) is 74.7 cm³/mol. The van der Waals surface area contributed by atoms with Crippen molar-refractivity contribution in [3.05, 3.63) is 33.9 Å². The normalized spacial score (nSPS) is 37.3. The first kappa shape index (κ1) is 13.0. The molecule has 5 atom stereocenters. The number of nitro benzene ring substituents is 1. The fourth-order valence-electron chi connectivity index (χ4n) is 4.82. The summed E-state index contributed by atoms with van der Waals surface area (Å²) >= 11 is 0. The Bertz CT molecular complexity index is 603. The van der Waals surface area contributed by atoms with Gasteiger partial charge >= 0.3 is 0 Å². The SMILES string of the molecule is O=[N+]([O-])c1ccc(O)cc1CN1CC2CC3CC2C1C3O. The quantitative estimate of drug-likeness (QED) is 0.651. The van der Waals surface area contributed by atoms with Gasteiger partial charge in [-0.1, -0.05) is 0 Å². The van der Waals surface area contributed by atoms with Crippen molar-refractivity contribution in [3.63, 3.8) is 0 Å². The molecule has 3 aliphatic rings. The van der Waals surface area contributed by atoms with E-state index in [1.165, 1.54) is 18.2 Å². The van der Waals surface area contributed by atoms with Crippen molar-refractivity contribution in [2.75, 3.05) is 6.54 Å². The summed E-state index contributed by atoms with van der Waals surface area (Å²) in [6.07, 6.45) is 1.88. The first-order chi connectivity index (χ1) is 10.0. The molecule has 0 amide bonds. The molecule has 0 radical (unpaired) electrons. The molecule has 2 N–H and O–H groups in total. The van der Waals surface area contributed by atoms with Crippen LogP contribution in [0.25, 0.3) is 0 Å². The highest BCUT2D eigenvalue weighted by Gasteiger charge is 2.58. The lowest BCUT2D eigenvalue weighted by molar-refractivity contribution is -0.385. The van der Waals surface area contributed by atoms with E-state index in [1.54, 1.807) is 0 Å². The van der Waals surface area contributed by atoms with E-state index >= 15 is 0 Å². The van der Waals surface area contributed by atoms with Crippen LogP contribution in [0, 0.1) is 27.9 Å². The highest BCUT2D eigenvalue weighted by molar-refractivity contribution is 5.45. The summed E-state index contributed by atoms with van der Waals surface area (Å²) in [7, 11) is 0. The lowest BCUT2D eigenvalue weighted by Gasteiger charge is -2.28. The Morgan fingerprint density at radius 3 is 2.86 bits per heavy atom. The monoisotopic (exact) mass is 290 g/mol. The van der Waals surface area contributed by atoms with E-state index in [1.807, 2.05) is 0 Å². The molecule has 112 valence electrons. The molecule has 0 aromatic heterocycles. The van der Waals surface area contributed by atoms with Gasteiger partial charge in [-0.15, -0.1) is 0 Å². The van der Waals surface area contributed by atoms with E-state index in [2.05, 4.69) is 4.90 Å². The van der Waals surface area contributed by atoms with Crippen LogP contribution in [0.3, 0.4) is 0 Å². The standard InChI is InChI=1S/C15H18N2O4/c18-11-1-2-13(17(20)21)10(4-11)7-16-6-9-3-8-5-12(9)14(16)15(8)19/h1-2,4,8-9,12,14-15,18-19H,3,5-7H2. The van der Waals surface area contributed by atoms with Crippen LogP contribution < -0.4 is 0 Å². The number of aromatic hydroxyl groups is 1. The van der Waals surface area contributed by atoms with Crippen molar-refractivity contribution in [1.29, 1.82) is 0 Å². The summed E-state index contributed by atoms with van der Waals surface area (Å²) < 4.78 is 0. The maximum absolute atomic E-state index is 11.1. The largest absolute Gasteiger partial charge is 0.508 e. The number of phenolic OH excluding ortho intramolecular Hbond substituents is 1. The van der Waals surface area contributed by atoms with Crippen LogP contribution in [0.4, 0.5) is 5.69 Å². The number of hydrogen-bond acceptors (Lipinski definition) is 5. The Hall–Kier alpha value is -1.66. The van der Waals surface area contributed by atoms with Crippen LogP contribution in [0.2, 0.25) is 0 Å². The Labute approximate surface area is 122 Å². The molecular weight excluding hydrogens is 272 g/mol. The van der Waals surface area contributed by atoms with Crippen LogP contribution >= 0.6 is 0 Å². The number of aliphatic hydroxyl groups excluding tert-OH is 1. The van der Waals surface area contributed by atoms with Crippen molar-refractivity contribution < 1.29 is 15.1 Å². The van der Waals surface area contributed by atoms with Crippen molar-refractivity contribution in [2.45, 2.75) is 31.5 Å². The van der Waals surface area contributed by atoms with E-state index in [9.17, 15) is 20.3 Å². The molecule has 6 nitrogen and oxygen atoms in total. The van der Waals surface area contributed by atoms with Crippen molar-refractivity contribution in [1.82, 2.24) is 4.90 Å². The maximum Gasteiger partial charge on any atom is 0.274 e. The molecule has 1 saturated heterocycles. The second-order valence-corrected chi connectivity index (χ2v) is 6.64. The number of likely N-dealkylation sites (tertiary alicyclic amines) is 1. The third kappa shape index (κ3) is 1.86. The summed E-state index contributed by atoms with van der Waals surface area (Å²) in [4.78, 5) is 12.9. The number of phenols is 1. The molecule has 0 spiro atoms. The number of aliphatic hydroxyl groups is 1. The van der Waals surface area contributed by atoms with Crippen LogP contribution in [0.15, 0.2) is 18.2 Å². The third-order valence-electron chi connectivity index (χ3n) is 5.58. The van der Waals surface area contributed by atoms with Gasteiger partial charge in [-0.2, -0.15) is 0 Å². The summed E-state index contributed by atoms with van der Waals surface area (Å²) in [6.45, 7) is 1.32. The van der Waals surface area contributed by atoms with Gasteiger partial charge < -0.3 is 10.2 Å². The average molecular weight is 290 g/mol. The summed E-state index contributed by atoms with van der Waals surface area (Å²) in [5, 5.41) is 31.1. The van der Waals surface area contributed by atoms with Gasteiger partial charge in [0.15, 0.2) is 0 Å². The van der Waals surface area contributed by atoms with E-state index < -0.39 is 4.92 Å². The number of fused-ring (bicyclic) bond motifs is 1. The number of hydrogen-bond donors (Lipinski definition) is 2. The fourth-order valence-corrected chi connectivity index (χ4v) is 4.82. The minimum Gasteiger partial charge on any atom is -0.508 e. The van der Waals surface area contributed by atoms with Gasteiger partial charge in [-0.3, -0.25) is 15.0 Å². The Morgan fingerprint density at radius 2 is 2.14 bits per heavy atom. The second-order valence-electron chi connectivity index (χ2n) is 6.64. The summed E-state index contributed by atoms with van der Waals surface area (Å²) in [5.74, 6) is 1.62. The molecular formula is C15H18N2O4. The molecule has 2 bridgehead atoms. The summed E-state index contributed by atoms with van der Waals surface area (Å²) in [5.41, 5.74) is 0.563. The van der Waals surface area contributed by atoms with Gasteiger partial charge in [0.2, 0.25) is 0 Å². The maximum atomic E-state index is 11.1. The van der Waals surface area contributed by atoms with Gasteiger partial charge in [-0.05, 0) is 42.7 Å². The zero-order valence-corrected chi connectivity index (χ0v) is 11.6. The average Bonchev–Trinajstić information content (AvgIpc) is 3.01. The van der Waals surface area contributed by atoms with Crippen LogP contribution in [-0.4, -0.2) is 38.7 Å². The lowest BCUT2D eigenvalue weighted by Crippen LogP contribution is -2.40. The van der Waals surface area contributed by atoms with Crippen LogP contribution in [0.5, 0.6) is 5.75 Å². The van der Waals surface area contributed by atoms with Crippen molar-refractivity contribution in [2.24, 2.45) is 17.8 Å². The van der Waals surface area contributed by atoms with Gasteiger partial charge in [-0.25, -0.2) is 0 Å². The molecule has 4 rings (SSSR count). The topological polar surface area (TPSA) is 86.8 Å². The number of rotatable bonds is 3. The molecule has 1 aliphatic heterocycles. The van der Waals surface area contributed by atoms with Gasteiger partial charge in [0, 0.05) is 30.8 Å². The molecule has 3 fully saturated rings. The molecule has 21 heavy (non-hydrogen) atoms. The van der Waals surface area contributed by atoms with E-state index in [0.717, 1.165) is 19.4 Å². The van der Waals surface area contributed by atoms with Crippen molar-refractivity contribution in [3.8, 4) is 5.75 Å². The predicted octanol–water partition coefficient (Wildman–Crippen LogP) is 1.50. The molecule has 5 unspecified atom stereocenters. The summed E-state index contributed by atoms with van der Waals surface area (Å²) in [6, 6.07) is 4.30. The second kappa shape index (κ2) is 4.42. The first-order valence-electron chi connectivity index (χ1n) is 7.43. The fraction of sp³-hybridized carbons (Fsp3) is 0.600. The first-order valence-corrected chi connectivity index (χ1v) is 7.43. The van der Waals surface area contributed by atoms with E-state index in [-0.39, 0.29) is 23.6 Å². The highest BCUT2D eigenvalue weighted by atomic mass is 16.6. The molecule has 1 aromatic rings. The molecule has 2 saturated carbocycles. The zero-order chi connectivity index (χ0) is 14.7. The number of nitrogens with zero attached hydrogens (tertiary/aromatic N) is 2. The number of nitro groups is 1. The Kier molecular flexibility index (Phi) is 2.74.